The first-order valence-corrected chi connectivity index (χ1v) is 13.0. The molecular weight excluding hydrogens is 522 g/mol. The van der Waals surface area contributed by atoms with E-state index in [0.29, 0.717) is 42.2 Å². The van der Waals surface area contributed by atoms with Crippen molar-refractivity contribution < 1.29 is 23.8 Å². The third kappa shape index (κ3) is 5.12. The lowest BCUT2D eigenvalue weighted by molar-refractivity contribution is -0.147. The lowest BCUT2D eigenvalue weighted by atomic mass is 9.69. The number of rotatable bonds is 7. The van der Waals surface area contributed by atoms with Crippen molar-refractivity contribution >= 4 is 33.4 Å². The van der Waals surface area contributed by atoms with Gasteiger partial charge in [-0.25, -0.2) is 0 Å². The van der Waals surface area contributed by atoms with Crippen molar-refractivity contribution in [1.82, 2.24) is 0 Å². The van der Waals surface area contributed by atoms with Crippen molar-refractivity contribution in [2.24, 2.45) is 16.8 Å². The predicted octanol–water partition coefficient (Wildman–Crippen LogP) is 6.24. The Morgan fingerprint density at radius 2 is 1.75 bits per heavy atom. The number of esters is 1. The Morgan fingerprint density at radius 1 is 1.08 bits per heavy atom. The number of ether oxygens (including phenoxy) is 3. The van der Waals surface area contributed by atoms with Crippen molar-refractivity contribution in [3.8, 4) is 11.5 Å². The van der Waals surface area contributed by atoms with E-state index in [1.165, 1.54) is 0 Å². The number of ketones is 1. The zero-order valence-electron chi connectivity index (χ0n) is 21.3. The summed E-state index contributed by atoms with van der Waals surface area (Å²) in [5, 5.41) is 0. The second-order valence-corrected chi connectivity index (χ2v) is 10.6. The zero-order chi connectivity index (χ0) is 26.0. The van der Waals surface area contributed by atoms with Crippen LogP contribution in [0.3, 0.4) is 0 Å². The summed E-state index contributed by atoms with van der Waals surface area (Å²) in [6.07, 6.45) is 1.00. The lowest BCUT2D eigenvalue weighted by Gasteiger charge is -2.37. The standard InChI is InChI=1S/C29H32BrNO5/c1-16(2)15-36-29(33)26-17(3)31-22-11-19(18-9-7-6-8-10-18)12-23(32)28(22)27(26)20-13-24(34-4)25(35-5)14-21(20)30/h6-10,13-14,16,19,26-27H,11-12,15H2,1-5H3/t19-,26?,27-/m1/s1. The minimum absolute atomic E-state index is 0.00898. The fraction of sp³-hybridized carbons (Fsp3) is 0.414. The first-order valence-electron chi connectivity index (χ1n) is 12.2. The molecule has 1 heterocycles. The second kappa shape index (κ2) is 11.0. The Morgan fingerprint density at radius 3 is 2.39 bits per heavy atom. The van der Waals surface area contributed by atoms with Crippen LogP contribution < -0.4 is 9.47 Å². The fourth-order valence-electron chi connectivity index (χ4n) is 5.11. The van der Waals surface area contributed by atoms with E-state index in [2.05, 4.69) is 28.1 Å². The van der Waals surface area contributed by atoms with Crippen LogP contribution in [0.2, 0.25) is 0 Å². The number of nitrogens with zero attached hydrogens (tertiary/aromatic N) is 1. The molecule has 0 amide bonds. The Kier molecular flexibility index (Phi) is 7.98. The number of allylic oxidation sites excluding steroid dienone is 2. The molecule has 190 valence electrons. The number of aliphatic imine (C=N–C) groups is 1. The predicted molar refractivity (Wildman–Crippen MR) is 143 cm³/mol. The molecule has 0 fully saturated rings. The van der Waals surface area contributed by atoms with Crippen LogP contribution >= 0.6 is 15.9 Å². The van der Waals surface area contributed by atoms with Crippen molar-refractivity contribution in [2.75, 3.05) is 20.8 Å². The van der Waals surface area contributed by atoms with Gasteiger partial charge in [0.25, 0.3) is 0 Å². The fourth-order valence-corrected chi connectivity index (χ4v) is 5.68. The van der Waals surface area contributed by atoms with E-state index in [4.69, 9.17) is 19.2 Å². The van der Waals surface area contributed by atoms with Crippen LogP contribution in [0.4, 0.5) is 0 Å². The van der Waals surface area contributed by atoms with Crippen molar-refractivity contribution in [1.29, 1.82) is 0 Å². The molecule has 2 aromatic carbocycles. The van der Waals surface area contributed by atoms with E-state index in [1.54, 1.807) is 14.2 Å². The summed E-state index contributed by atoms with van der Waals surface area (Å²) in [5.74, 6) is -0.299. The molecule has 1 aliphatic carbocycles. The monoisotopic (exact) mass is 553 g/mol. The molecule has 0 radical (unpaired) electrons. The SMILES string of the molecule is COc1cc(Br)c([C@H]2C3=C(C[C@@H](c4ccccc4)CC3=O)N=C(C)C2C(=O)OCC(C)C)cc1OC. The van der Waals surface area contributed by atoms with Crippen LogP contribution in [0, 0.1) is 11.8 Å². The maximum atomic E-state index is 13.8. The lowest BCUT2D eigenvalue weighted by Crippen LogP contribution is -2.38. The van der Waals surface area contributed by atoms with E-state index in [0.717, 1.165) is 21.3 Å². The van der Waals surface area contributed by atoms with Gasteiger partial charge >= 0.3 is 5.97 Å². The maximum Gasteiger partial charge on any atom is 0.315 e. The van der Waals surface area contributed by atoms with Crippen molar-refractivity contribution in [2.45, 2.75) is 45.4 Å². The van der Waals surface area contributed by atoms with E-state index < -0.39 is 11.8 Å². The van der Waals surface area contributed by atoms with E-state index in [-0.39, 0.29) is 23.6 Å². The molecule has 2 aliphatic rings. The van der Waals surface area contributed by atoms with Gasteiger partial charge in [-0.3, -0.25) is 14.6 Å². The third-order valence-corrected chi connectivity index (χ3v) is 7.50. The summed E-state index contributed by atoms with van der Waals surface area (Å²) in [4.78, 5) is 32.1. The van der Waals surface area contributed by atoms with Gasteiger partial charge in [0, 0.05) is 33.8 Å². The summed E-state index contributed by atoms with van der Waals surface area (Å²) in [6, 6.07) is 13.7. The number of halogens is 1. The van der Waals surface area contributed by atoms with Gasteiger partial charge in [0.05, 0.1) is 20.8 Å². The maximum absolute atomic E-state index is 13.8. The molecule has 0 N–H and O–H groups in total. The van der Waals surface area contributed by atoms with Gasteiger partial charge in [0.2, 0.25) is 0 Å². The summed E-state index contributed by atoms with van der Waals surface area (Å²) >= 11 is 3.67. The molecule has 4 rings (SSSR count). The Balaban J connectivity index is 1.85. The second-order valence-electron chi connectivity index (χ2n) is 9.76. The van der Waals surface area contributed by atoms with Crippen LogP contribution in [0.25, 0.3) is 0 Å². The van der Waals surface area contributed by atoms with Gasteiger partial charge in [0.15, 0.2) is 17.3 Å². The molecule has 1 aliphatic heterocycles. The first kappa shape index (κ1) is 26.1. The summed E-state index contributed by atoms with van der Waals surface area (Å²) < 4.78 is 17.4. The van der Waals surface area contributed by atoms with Crippen LogP contribution in [0.1, 0.15) is 56.6 Å². The molecule has 3 atom stereocenters. The van der Waals surface area contributed by atoms with Crippen LogP contribution in [0.5, 0.6) is 11.5 Å². The van der Waals surface area contributed by atoms with E-state index >= 15 is 0 Å². The number of carbonyl (C=O) groups excluding carboxylic acids is 2. The number of carbonyl (C=O) groups is 2. The van der Waals surface area contributed by atoms with Gasteiger partial charge in [-0.2, -0.15) is 0 Å². The first-order chi connectivity index (χ1) is 17.2. The highest BCUT2D eigenvalue weighted by Gasteiger charge is 2.45. The molecule has 7 heteroatoms. The minimum atomic E-state index is -0.714. The molecule has 36 heavy (non-hydrogen) atoms. The molecule has 0 aromatic heterocycles. The minimum Gasteiger partial charge on any atom is -0.493 e. The highest BCUT2D eigenvalue weighted by molar-refractivity contribution is 9.10. The normalized spacial score (nSPS) is 21.7. The molecule has 0 saturated carbocycles. The number of methoxy groups -OCH3 is 2. The molecule has 1 unspecified atom stereocenters. The summed E-state index contributed by atoms with van der Waals surface area (Å²) in [6.45, 7) is 6.14. The van der Waals surface area contributed by atoms with E-state index in [9.17, 15) is 9.59 Å². The molecule has 2 aromatic rings. The quantitative estimate of drug-likeness (QED) is 0.379. The van der Waals surface area contributed by atoms with E-state index in [1.807, 2.05) is 51.1 Å². The van der Waals surface area contributed by atoms with Crippen LogP contribution in [-0.2, 0) is 14.3 Å². The van der Waals surface area contributed by atoms with Crippen molar-refractivity contribution in [3.63, 3.8) is 0 Å². The third-order valence-electron chi connectivity index (χ3n) is 6.81. The highest BCUT2D eigenvalue weighted by Crippen LogP contribution is 2.49. The average Bonchev–Trinajstić information content (AvgIpc) is 2.86. The highest BCUT2D eigenvalue weighted by atomic mass is 79.9. The molecule has 0 saturated heterocycles. The van der Waals surface area contributed by atoms with Crippen molar-refractivity contribution in [3.05, 3.63) is 69.3 Å². The summed E-state index contributed by atoms with van der Waals surface area (Å²) in [5.41, 5.74) is 3.88. The van der Waals surface area contributed by atoms with Gasteiger partial charge < -0.3 is 14.2 Å². The smallest absolute Gasteiger partial charge is 0.315 e. The largest absolute Gasteiger partial charge is 0.493 e. The molecule has 0 spiro atoms. The molecule has 6 nitrogen and oxygen atoms in total. The summed E-state index contributed by atoms with van der Waals surface area (Å²) in [7, 11) is 3.14. The van der Waals surface area contributed by atoms with Gasteiger partial charge in [-0.05, 0) is 48.4 Å². The topological polar surface area (TPSA) is 74.2 Å². The Bertz CT molecular complexity index is 1220. The van der Waals surface area contributed by atoms with Gasteiger partial charge in [-0.15, -0.1) is 0 Å². The number of Topliss-reactive ketones (excluding diaryl/α,β-unsaturated/α-hetero) is 1. The van der Waals surface area contributed by atoms with Gasteiger partial charge in [-0.1, -0.05) is 60.1 Å². The Hall–Kier alpha value is -2.93. The number of hydrogen-bond donors (Lipinski definition) is 0. The zero-order valence-corrected chi connectivity index (χ0v) is 22.9. The number of hydrogen-bond acceptors (Lipinski definition) is 6. The average molecular weight is 554 g/mol. The van der Waals surface area contributed by atoms with Crippen LogP contribution in [0.15, 0.2) is 63.2 Å². The van der Waals surface area contributed by atoms with Crippen LogP contribution in [-0.4, -0.2) is 38.3 Å². The Labute approximate surface area is 220 Å². The van der Waals surface area contributed by atoms with Gasteiger partial charge in [0.1, 0.15) is 5.92 Å². The number of benzene rings is 2. The molecular formula is C29H32BrNO5. The molecule has 0 bridgehead atoms.